The average Bonchev–Trinajstić information content (AvgIpc) is 2.39. The van der Waals surface area contributed by atoms with E-state index in [0.29, 0.717) is 29.4 Å². The van der Waals surface area contributed by atoms with Crippen LogP contribution in [0.2, 0.25) is 5.02 Å². The van der Waals surface area contributed by atoms with E-state index in [4.69, 9.17) is 16.3 Å². The van der Waals surface area contributed by atoms with Crippen molar-refractivity contribution in [3.8, 4) is 0 Å². The molecule has 94 valence electrons. The van der Waals surface area contributed by atoms with Gasteiger partial charge in [-0.2, -0.15) is 0 Å². The van der Waals surface area contributed by atoms with Gasteiger partial charge in [-0.25, -0.2) is 4.98 Å². The van der Waals surface area contributed by atoms with Gasteiger partial charge in [0.15, 0.2) is 0 Å². The molecule has 1 aromatic carbocycles. The smallest absolute Gasteiger partial charge is 0.270 e. The van der Waals surface area contributed by atoms with Gasteiger partial charge in [0.25, 0.3) is 5.91 Å². The van der Waals surface area contributed by atoms with Gasteiger partial charge < -0.3 is 10.1 Å². The number of amides is 1. The maximum atomic E-state index is 11.8. The van der Waals surface area contributed by atoms with E-state index in [-0.39, 0.29) is 5.91 Å². The first kappa shape index (κ1) is 12.8. The van der Waals surface area contributed by atoms with E-state index in [1.807, 2.05) is 24.3 Å². The lowest BCUT2D eigenvalue weighted by molar-refractivity contribution is 0.0932. The highest BCUT2D eigenvalue weighted by Gasteiger charge is 2.10. The minimum absolute atomic E-state index is 0.250. The second-order valence-corrected chi connectivity index (χ2v) is 4.16. The molecule has 0 spiro atoms. The maximum absolute atomic E-state index is 11.8. The topological polar surface area (TPSA) is 51.2 Å². The van der Waals surface area contributed by atoms with Gasteiger partial charge in [-0.05, 0) is 12.1 Å². The molecule has 18 heavy (non-hydrogen) atoms. The molecule has 0 saturated heterocycles. The van der Waals surface area contributed by atoms with E-state index in [0.717, 1.165) is 5.39 Å². The third kappa shape index (κ3) is 2.78. The minimum atomic E-state index is -0.250. The first-order valence-electron chi connectivity index (χ1n) is 5.55. The van der Waals surface area contributed by atoms with Gasteiger partial charge in [0.1, 0.15) is 5.69 Å². The molecule has 4 nitrogen and oxygen atoms in total. The molecular formula is C13H13ClN2O2. The van der Waals surface area contributed by atoms with Gasteiger partial charge in [-0.1, -0.05) is 29.8 Å². The van der Waals surface area contributed by atoms with Crippen LogP contribution in [0.15, 0.2) is 30.3 Å². The normalized spacial score (nSPS) is 10.6. The molecule has 2 rings (SSSR count). The van der Waals surface area contributed by atoms with Crippen molar-refractivity contribution >= 4 is 28.4 Å². The number of halogens is 1. The molecular weight excluding hydrogens is 252 g/mol. The Morgan fingerprint density at radius 3 is 3.00 bits per heavy atom. The van der Waals surface area contributed by atoms with E-state index < -0.39 is 0 Å². The van der Waals surface area contributed by atoms with Crippen LogP contribution in [0.4, 0.5) is 0 Å². The van der Waals surface area contributed by atoms with Crippen molar-refractivity contribution < 1.29 is 9.53 Å². The summed E-state index contributed by atoms with van der Waals surface area (Å²) in [6.45, 7) is 0.911. The van der Waals surface area contributed by atoms with Crippen molar-refractivity contribution in [2.75, 3.05) is 20.3 Å². The number of nitrogens with zero attached hydrogens (tertiary/aromatic N) is 1. The van der Waals surface area contributed by atoms with Crippen LogP contribution >= 0.6 is 11.6 Å². The molecule has 0 aliphatic heterocycles. The molecule has 0 radical (unpaired) electrons. The maximum Gasteiger partial charge on any atom is 0.270 e. The van der Waals surface area contributed by atoms with Crippen LogP contribution in [-0.4, -0.2) is 31.2 Å². The summed E-state index contributed by atoms with van der Waals surface area (Å²) in [5.41, 5.74) is 1.02. The number of ether oxygens (including phenoxy) is 1. The number of hydrogen-bond acceptors (Lipinski definition) is 3. The van der Waals surface area contributed by atoms with Crippen LogP contribution in [0.25, 0.3) is 10.9 Å². The molecule has 0 atom stereocenters. The van der Waals surface area contributed by atoms with Crippen molar-refractivity contribution in [3.63, 3.8) is 0 Å². The Balaban J connectivity index is 2.26. The lowest BCUT2D eigenvalue weighted by Crippen LogP contribution is -2.27. The summed E-state index contributed by atoms with van der Waals surface area (Å²) in [7, 11) is 1.58. The number of fused-ring (bicyclic) bond motifs is 1. The molecule has 2 aromatic rings. The second kappa shape index (κ2) is 5.80. The predicted octanol–water partition coefficient (Wildman–Crippen LogP) is 2.26. The molecule has 1 amide bonds. The number of carbonyl (C=O) groups excluding carboxylic acids is 1. The van der Waals surface area contributed by atoms with Crippen molar-refractivity contribution in [2.24, 2.45) is 0 Å². The monoisotopic (exact) mass is 264 g/mol. The van der Waals surface area contributed by atoms with Gasteiger partial charge >= 0.3 is 0 Å². The minimum Gasteiger partial charge on any atom is -0.383 e. The molecule has 1 aromatic heterocycles. The fraction of sp³-hybridized carbons (Fsp3) is 0.231. The zero-order valence-corrected chi connectivity index (χ0v) is 10.7. The molecule has 0 unspecified atom stereocenters. The van der Waals surface area contributed by atoms with E-state index >= 15 is 0 Å². The largest absolute Gasteiger partial charge is 0.383 e. The Morgan fingerprint density at radius 1 is 1.44 bits per heavy atom. The van der Waals surface area contributed by atoms with Gasteiger partial charge in [-0.15, -0.1) is 0 Å². The van der Waals surface area contributed by atoms with E-state index in [2.05, 4.69) is 10.3 Å². The Hall–Kier alpha value is -1.65. The fourth-order valence-corrected chi connectivity index (χ4v) is 1.87. The number of benzene rings is 1. The summed E-state index contributed by atoms with van der Waals surface area (Å²) in [5.74, 6) is -0.250. The van der Waals surface area contributed by atoms with Crippen LogP contribution in [0, 0.1) is 0 Å². The number of aromatic nitrogens is 1. The predicted molar refractivity (Wildman–Crippen MR) is 71.0 cm³/mol. The molecule has 5 heteroatoms. The first-order chi connectivity index (χ1) is 8.72. The Kier molecular flexibility index (Phi) is 4.12. The number of hydrogen-bond donors (Lipinski definition) is 1. The van der Waals surface area contributed by atoms with Crippen molar-refractivity contribution in [1.82, 2.24) is 10.3 Å². The summed E-state index contributed by atoms with van der Waals surface area (Å²) in [6.07, 6.45) is 0. The second-order valence-electron chi connectivity index (χ2n) is 3.76. The third-order valence-electron chi connectivity index (χ3n) is 2.49. The molecule has 0 saturated carbocycles. The van der Waals surface area contributed by atoms with Crippen LogP contribution in [-0.2, 0) is 4.74 Å². The van der Waals surface area contributed by atoms with Gasteiger partial charge in [0, 0.05) is 19.0 Å². The number of methoxy groups -OCH3 is 1. The van der Waals surface area contributed by atoms with Crippen LogP contribution in [0.3, 0.4) is 0 Å². The zero-order valence-electron chi connectivity index (χ0n) is 9.94. The van der Waals surface area contributed by atoms with Crippen LogP contribution in [0.5, 0.6) is 0 Å². The van der Waals surface area contributed by atoms with Gasteiger partial charge in [0.05, 0.1) is 17.1 Å². The quantitative estimate of drug-likeness (QED) is 0.862. The number of nitrogens with one attached hydrogen (secondary N) is 1. The number of carbonyl (C=O) groups is 1. The summed E-state index contributed by atoms with van der Waals surface area (Å²) in [5, 5.41) is 4.07. The van der Waals surface area contributed by atoms with Crippen LogP contribution in [0.1, 0.15) is 10.5 Å². The molecule has 0 fully saturated rings. The van der Waals surface area contributed by atoms with E-state index in [1.165, 1.54) is 0 Å². The summed E-state index contributed by atoms with van der Waals surface area (Å²) >= 11 is 6.12. The SMILES string of the molecule is COCCNC(=O)c1cc(Cl)c2ccccc2n1. The fourth-order valence-electron chi connectivity index (χ4n) is 1.61. The highest BCUT2D eigenvalue weighted by atomic mass is 35.5. The van der Waals surface area contributed by atoms with E-state index in [9.17, 15) is 4.79 Å². The average molecular weight is 265 g/mol. The number of para-hydroxylation sites is 1. The van der Waals surface area contributed by atoms with E-state index in [1.54, 1.807) is 13.2 Å². The van der Waals surface area contributed by atoms with Gasteiger partial charge in [0.2, 0.25) is 0 Å². The lowest BCUT2D eigenvalue weighted by Gasteiger charge is -2.06. The molecule has 1 heterocycles. The zero-order chi connectivity index (χ0) is 13.0. The van der Waals surface area contributed by atoms with Crippen molar-refractivity contribution in [1.29, 1.82) is 0 Å². The highest BCUT2D eigenvalue weighted by molar-refractivity contribution is 6.35. The Morgan fingerprint density at radius 2 is 2.22 bits per heavy atom. The highest BCUT2D eigenvalue weighted by Crippen LogP contribution is 2.22. The van der Waals surface area contributed by atoms with Crippen molar-refractivity contribution in [3.05, 3.63) is 41.0 Å². The summed E-state index contributed by atoms with van der Waals surface area (Å²) in [6, 6.07) is 9.02. The molecule has 1 N–H and O–H groups in total. The summed E-state index contributed by atoms with van der Waals surface area (Å²) < 4.78 is 4.86. The molecule has 0 aliphatic rings. The number of pyridine rings is 1. The Labute approximate surface area is 110 Å². The Bertz CT molecular complexity index is 572. The standard InChI is InChI=1S/C13H13ClN2O2/c1-18-7-6-15-13(17)12-8-10(14)9-4-2-3-5-11(9)16-12/h2-5,8H,6-7H2,1H3,(H,15,17). The molecule has 0 bridgehead atoms. The lowest BCUT2D eigenvalue weighted by atomic mass is 10.2. The summed E-state index contributed by atoms with van der Waals surface area (Å²) in [4.78, 5) is 16.1. The third-order valence-corrected chi connectivity index (χ3v) is 2.80. The number of rotatable bonds is 4. The molecule has 0 aliphatic carbocycles. The van der Waals surface area contributed by atoms with Gasteiger partial charge in [-0.3, -0.25) is 4.79 Å². The van der Waals surface area contributed by atoms with Crippen molar-refractivity contribution in [2.45, 2.75) is 0 Å². The van der Waals surface area contributed by atoms with Crippen LogP contribution < -0.4 is 5.32 Å². The first-order valence-corrected chi connectivity index (χ1v) is 5.92.